The molecular formula is C11H21N5OS. The summed E-state index contributed by atoms with van der Waals surface area (Å²) in [6.07, 6.45) is 0.634. The van der Waals surface area contributed by atoms with Gasteiger partial charge in [0, 0.05) is 12.3 Å². The van der Waals surface area contributed by atoms with E-state index in [1.54, 1.807) is 18.8 Å². The molecule has 102 valence electrons. The van der Waals surface area contributed by atoms with Crippen LogP contribution in [0.25, 0.3) is 0 Å². The van der Waals surface area contributed by atoms with Crippen molar-refractivity contribution in [3.63, 3.8) is 0 Å². The number of nitrogens with two attached hydrogens (primary N) is 1. The summed E-state index contributed by atoms with van der Waals surface area (Å²) in [4.78, 5) is 11.4. The van der Waals surface area contributed by atoms with E-state index in [4.69, 9.17) is 5.73 Å². The third-order valence-electron chi connectivity index (χ3n) is 3.15. The highest BCUT2D eigenvalue weighted by molar-refractivity contribution is 7.99. The summed E-state index contributed by atoms with van der Waals surface area (Å²) in [6.45, 7) is 5.77. The Bertz CT molecular complexity index is 433. The van der Waals surface area contributed by atoms with Crippen LogP contribution in [0.4, 0.5) is 0 Å². The number of rotatable bonds is 6. The number of primary amides is 1. The zero-order chi connectivity index (χ0) is 13.9. The highest BCUT2D eigenvalue weighted by Crippen LogP contribution is 2.27. The number of likely N-dealkylation sites (N-methyl/N-ethyl adjacent to an activating group) is 1. The standard InChI is InChI=1S/C11H21N5OS/c1-7(6-11(3,13-4)9(12)17)18-10-15-14-8(2)16(10)5/h7,13H,6H2,1-5H3,(H2,12,17). The first kappa shape index (κ1) is 15.0. The molecule has 0 aliphatic carbocycles. The maximum atomic E-state index is 11.4. The maximum absolute atomic E-state index is 11.4. The lowest BCUT2D eigenvalue weighted by Gasteiger charge is -2.28. The van der Waals surface area contributed by atoms with E-state index in [1.165, 1.54) is 0 Å². The van der Waals surface area contributed by atoms with Gasteiger partial charge in [0.2, 0.25) is 5.91 Å². The van der Waals surface area contributed by atoms with Crippen molar-refractivity contribution in [2.75, 3.05) is 7.05 Å². The molecular weight excluding hydrogens is 250 g/mol. The SMILES string of the molecule is CNC(C)(CC(C)Sc1nnc(C)n1C)C(N)=O. The predicted octanol–water partition coefficient (Wildman–Crippen LogP) is 0.458. The van der Waals surface area contributed by atoms with E-state index in [2.05, 4.69) is 15.5 Å². The zero-order valence-corrected chi connectivity index (χ0v) is 12.3. The van der Waals surface area contributed by atoms with Crippen molar-refractivity contribution in [2.45, 2.75) is 43.1 Å². The fraction of sp³-hybridized carbons (Fsp3) is 0.727. The van der Waals surface area contributed by atoms with Crippen molar-refractivity contribution < 1.29 is 4.79 Å². The molecule has 0 aliphatic rings. The van der Waals surface area contributed by atoms with Crippen LogP contribution in [0.3, 0.4) is 0 Å². The quantitative estimate of drug-likeness (QED) is 0.734. The van der Waals surface area contributed by atoms with Crippen LogP contribution >= 0.6 is 11.8 Å². The second kappa shape index (κ2) is 5.71. The first-order chi connectivity index (χ1) is 8.30. The van der Waals surface area contributed by atoms with E-state index >= 15 is 0 Å². The molecule has 1 aromatic heterocycles. The van der Waals surface area contributed by atoms with Crippen LogP contribution in [0, 0.1) is 6.92 Å². The summed E-state index contributed by atoms with van der Waals surface area (Å²) in [5.74, 6) is 0.530. The number of hydrogen-bond acceptors (Lipinski definition) is 5. The minimum absolute atomic E-state index is 0.206. The second-order valence-corrected chi connectivity index (χ2v) is 6.07. The van der Waals surface area contributed by atoms with Crippen LogP contribution in [-0.4, -0.2) is 38.5 Å². The number of carbonyl (C=O) groups excluding carboxylic acids is 1. The van der Waals surface area contributed by atoms with Crippen molar-refractivity contribution in [3.8, 4) is 0 Å². The molecule has 7 heteroatoms. The van der Waals surface area contributed by atoms with Gasteiger partial charge in [-0.25, -0.2) is 0 Å². The molecule has 0 saturated heterocycles. The van der Waals surface area contributed by atoms with E-state index in [0.29, 0.717) is 6.42 Å². The predicted molar refractivity (Wildman–Crippen MR) is 72.3 cm³/mol. The normalized spacial score (nSPS) is 16.3. The Kier molecular flexibility index (Phi) is 4.75. The fourth-order valence-corrected chi connectivity index (χ4v) is 2.77. The highest BCUT2D eigenvalue weighted by Gasteiger charge is 2.31. The van der Waals surface area contributed by atoms with Gasteiger partial charge in [-0.2, -0.15) is 0 Å². The van der Waals surface area contributed by atoms with Gasteiger partial charge >= 0.3 is 0 Å². The van der Waals surface area contributed by atoms with Crippen molar-refractivity contribution >= 4 is 17.7 Å². The summed E-state index contributed by atoms with van der Waals surface area (Å²) in [7, 11) is 3.67. The monoisotopic (exact) mass is 271 g/mol. The molecule has 0 aromatic carbocycles. The largest absolute Gasteiger partial charge is 0.368 e. The molecule has 1 amide bonds. The third-order valence-corrected chi connectivity index (χ3v) is 4.29. The van der Waals surface area contributed by atoms with Gasteiger partial charge < -0.3 is 15.6 Å². The number of thioether (sulfide) groups is 1. The lowest BCUT2D eigenvalue weighted by Crippen LogP contribution is -2.52. The smallest absolute Gasteiger partial charge is 0.237 e. The van der Waals surface area contributed by atoms with Crippen LogP contribution in [0.2, 0.25) is 0 Å². The van der Waals surface area contributed by atoms with Gasteiger partial charge in [-0.15, -0.1) is 10.2 Å². The molecule has 1 aromatic rings. The average Bonchev–Trinajstić information content (AvgIpc) is 2.60. The Morgan fingerprint density at radius 3 is 2.61 bits per heavy atom. The Balaban J connectivity index is 2.69. The lowest BCUT2D eigenvalue weighted by atomic mass is 9.95. The molecule has 0 bridgehead atoms. The van der Waals surface area contributed by atoms with Crippen molar-refractivity contribution in [1.82, 2.24) is 20.1 Å². The Morgan fingerprint density at radius 1 is 1.61 bits per heavy atom. The van der Waals surface area contributed by atoms with Crippen molar-refractivity contribution in [3.05, 3.63) is 5.82 Å². The summed E-state index contributed by atoms with van der Waals surface area (Å²) in [6, 6.07) is 0. The van der Waals surface area contributed by atoms with Crippen molar-refractivity contribution in [1.29, 1.82) is 0 Å². The molecule has 0 aliphatic heterocycles. The molecule has 0 radical (unpaired) electrons. The van der Waals surface area contributed by atoms with Gasteiger partial charge in [-0.1, -0.05) is 18.7 Å². The molecule has 6 nitrogen and oxygen atoms in total. The van der Waals surface area contributed by atoms with Crippen LogP contribution in [0.1, 0.15) is 26.1 Å². The first-order valence-corrected chi connectivity index (χ1v) is 6.69. The van der Waals surface area contributed by atoms with Crippen LogP contribution < -0.4 is 11.1 Å². The van der Waals surface area contributed by atoms with E-state index in [0.717, 1.165) is 11.0 Å². The Morgan fingerprint density at radius 2 is 2.22 bits per heavy atom. The topological polar surface area (TPSA) is 85.8 Å². The van der Waals surface area contributed by atoms with E-state index < -0.39 is 5.54 Å². The molecule has 2 unspecified atom stereocenters. The number of amides is 1. The van der Waals surface area contributed by atoms with Gasteiger partial charge in [0.25, 0.3) is 0 Å². The van der Waals surface area contributed by atoms with E-state index in [-0.39, 0.29) is 11.2 Å². The molecule has 0 saturated carbocycles. The minimum atomic E-state index is -0.694. The number of nitrogens with zero attached hydrogens (tertiary/aromatic N) is 3. The van der Waals surface area contributed by atoms with Crippen molar-refractivity contribution in [2.24, 2.45) is 12.8 Å². The molecule has 0 fully saturated rings. The minimum Gasteiger partial charge on any atom is -0.368 e. The number of carbonyl (C=O) groups is 1. The number of nitrogens with one attached hydrogen (secondary N) is 1. The molecule has 2 atom stereocenters. The number of hydrogen-bond donors (Lipinski definition) is 2. The van der Waals surface area contributed by atoms with Crippen LogP contribution in [0.15, 0.2) is 5.16 Å². The summed E-state index contributed by atoms with van der Waals surface area (Å²) in [5, 5.41) is 12.1. The second-order valence-electron chi connectivity index (χ2n) is 4.67. The van der Waals surface area contributed by atoms with Gasteiger partial charge in [0.05, 0.1) is 5.54 Å². The van der Waals surface area contributed by atoms with Gasteiger partial charge in [-0.05, 0) is 27.3 Å². The Hall–Kier alpha value is -1.08. The van der Waals surface area contributed by atoms with Gasteiger partial charge in [0.1, 0.15) is 5.82 Å². The average molecular weight is 271 g/mol. The summed E-state index contributed by atoms with van der Waals surface area (Å²) in [5.41, 5.74) is 4.72. The number of aryl methyl sites for hydroxylation is 1. The van der Waals surface area contributed by atoms with Crippen LogP contribution in [-0.2, 0) is 11.8 Å². The fourth-order valence-electron chi connectivity index (χ4n) is 1.61. The van der Waals surface area contributed by atoms with E-state index in [9.17, 15) is 4.79 Å². The molecule has 3 N–H and O–H groups in total. The van der Waals surface area contributed by atoms with E-state index in [1.807, 2.05) is 32.4 Å². The van der Waals surface area contributed by atoms with Gasteiger partial charge in [-0.3, -0.25) is 4.79 Å². The summed E-state index contributed by atoms with van der Waals surface area (Å²) < 4.78 is 1.93. The molecule has 18 heavy (non-hydrogen) atoms. The molecule has 1 rings (SSSR count). The highest BCUT2D eigenvalue weighted by atomic mass is 32.2. The summed E-state index contributed by atoms with van der Waals surface area (Å²) >= 11 is 1.59. The molecule has 0 spiro atoms. The van der Waals surface area contributed by atoms with Crippen LogP contribution in [0.5, 0.6) is 0 Å². The third kappa shape index (κ3) is 3.23. The Labute approximate surface area is 112 Å². The molecule has 1 heterocycles. The lowest BCUT2D eigenvalue weighted by molar-refractivity contribution is -0.123. The maximum Gasteiger partial charge on any atom is 0.237 e. The van der Waals surface area contributed by atoms with Gasteiger partial charge in [0.15, 0.2) is 5.16 Å². The number of aromatic nitrogens is 3. The first-order valence-electron chi connectivity index (χ1n) is 5.81. The zero-order valence-electron chi connectivity index (χ0n) is 11.5.